The molecule has 1 aliphatic heterocycles. The second-order valence-electron chi connectivity index (χ2n) is 6.55. The Morgan fingerprint density at radius 1 is 1.17 bits per heavy atom. The first-order chi connectivity index (χ1) is 10.3. The number of hydrogen-bond acceptors (Lipinski definition) is 4. The number of nitrogens with one attached hydrogen (secondary N) is 2. The van der Waals surface area contributed by atoms with Gasteiger partial charge in [-0.05, 0) is 25.8 Å². The zero-order chi connectivity index (χ0) is 16.9. The van der Waals surface area contributed by atoms with Crippen LogP contribution >= 0.6 is 0 Å². The van der Waals surface area contributed by atoms with Crippen LogP contribution in [0.4, 0.5) is 0 Å². The summed E-state index contributed by atoms with van der Waals surface area (Å²) in [7, 11) is 1.75. The molecule has 0 aromatic heterocycles. The van der Waals surface area contributed by atoms with Crippen LogP contribution in [0, 0.1) is 11.8 Å². The average Bonchev–Trinajstić information content (AvgIpc) is 2.93. The van der Waals surface area contributed by atoms with Gasteiger partial charge in [0.2, 0.25) is 11.8 Å². The summed E-state index contributed by atoms with van der Waals surface area (Å²) < 4.78 is 0. The molecule has 0 unspecified atom stereocenters. The molecule has 1 fully saturated rings. The second kappa shape index (κ2) is 10.5. The first-order valence-corrected chi connectivity index (χ1v) is 7.99. The SMILES string of the molecule is CN[C@H](C(=O)N1CCC[C@H]1C(=O)N[C@H]([C-]=O)C(C)C)C(C)C.[Y]. The molecule has 0 saturated carbocycles. The number of hydrogen-bond donors (Lipinski definition) is 2. The summed E-state index contributed by atoms with van der Waals surface area (Å²) in [5.41, 5.74) is 0. The van der Waals surface area contributed by atoms with E-state index in [2.05, 4.69) is 10.6 Å². The van der Waals surface area contributed by atoms with E-state index >= 15 is 0 Å². The molecular weight excluding hydrogens is 371 g/mol. The van der Waals surface area contributed by atoms with Crippen LogP contribution in [0.2, 0.25) is 0 Å². The summed E-state index contributed by atoms with van der Waals surface area (Å²) >= 11 is 0. The van der Waals surface area contributed by atoms with Crippen molar-refractivity contribution in [1.29, 1.82) is 0 Å². The molecule has 1 radical (unpaired) electrons. The predicted octanol–water partition coefficient (Wildman–Crippen LogP) is 0.469. The molecule has 1 aliphatic rings. The van der Waals surface area contributed by atoms with Crippen molar-refractivity contribution in [3.63, 3.8) is 0 Å². The quantitative estimate of drug-likeness (QED) is 0.611. The van der Waals surface area contributed by atoms with E-state index in [0.29, 0.717) is 13.0 Å². The zero-order valence-electron chi connectivity index (χ0n) is 14.8. The van der Waals surface area contributed by atoms with Crippen molar-refractivity contribution in [3.05, 3.63) is 0 Å². The fourth-order valence-corrected chi connectivity index (χ4v) is 2.81. The molecule has 1 saturated heterocycles. The average molecular weight is 399 g/mol. The van der Waals surface area contributed by atoms with Crippen LogP contribution in [0.3, 0.4) is 0 Å². The van der Waals surface area contributed by atoms with E-state index in [0.717, 1.165) is 6.42 Å². The molecule has 0 aromatic rings. The van der Waals surface area contributed by atoms with Crippen LogP contribution in [0.1, 0.15) is 40.5 Å². The van der Waals surface area contributed by atoms with Gasteiger partial charge in [0.15, 0.2) is 0 Å². The van der Waals surface area contributed by atoms with Crippen LogP contribution in [-0.2, 0) is 47.1 Å². The maximum Gasteiger partial charge on any atom is 0.240 e. The molecule has 1 heterocycles. The van der Waals surface area contributed by atoms with Crippen LogP contribution in [0.15, 0.2) is 0 Å². The third kappa shape index (κ3) is 5.91. The Morgan fingerprint density at radius 3 is 2.22 bits per heavy atom. The maximum absolute atomic E-state index is 12.6. The van der Waals surface area contributed by atoms with Gasteiger partial charge in [0.1, 0.15) is 6.04 Å². The van der Waals surface area contributed by atoms with Crippen molar-refractivity contribution >= 4 is 18.1 Å². The Balaban J connectivity index is 0.00000484. The number of likely N-dealkylation sites (tertiary alicyclic amines) is 1. The van der Waals surface area contributed by atoms with Gasteiger partial charge in [-0.1, -0.05) is 39.7 Å². The Hall–Kier alpha value is -0.326. The van der Waals surface area contributed by atoms with Gasteiger partial charge in [0.05, 0.1) is 6.04 Å². The van der Waals surface area contributed by atoms with E-state index < -0.39 is 12.1 Å². The summed E-state index contributed by atoms with van der Waals surface area (Å²) in [6.45, 7) is 8.23. The van der Waals surface area contributed by atoms with Crippen LogP contribution in [-0.4, -0.2) is 54.7 Å². The number of amides is 2. The number of rotatable bonds is 7. The van der Waals surface area contributed by atoms with Gasteiger partial charge in [-0.25, -0.2) is 6.29 Å². The Morgan fingerprint density at radius 2 is 1.78 bits per heavy atom. The van der Waals surface area contributed by atoms with Gasteiger partial charge in [0, 0.05) is 39.3 Å². The monoisotopic (exact) mass is 399 g/mol. The maximum atomic E-state index is 12.6. The Labute approximate surface area is 164 Å². The van der Waals surface area contributed by atoms with Gasteiger partial charge < -0.3 is 20.3 Å². The van der Waals surface area contributed by atoms with E-state index in [1.165, 1.54) is 0 Å². The smallest absolute Gasteiger partial charge is 0.240 e. The molecule has 3 atom stereocenters. The topological polar surface area (TPSA) is 78.5 Å². The summed E-state index contributed by atoms with van der Waals surface area (Å²) in [5.74, 6) is -0.181. The van der Waals surface area contributed by atoms with E-state index in [9.17, 15) is 14.4 Å². The van der Waals surface area contributed by atoms with Crippen LogP contribution in [0.25, 0.3) is 0 Å². The van der Waals surface area contributed by atoms with Crippen molar-refractivity contribution < 1.29 is 47.1 Å². The molecule has 0 bridgehead atoms. The molecule has 1 rings (SSSR count). The minimum atomic E-state index is -0.629. The minimum Gasteiger partial charge on any atom is -0.540 e. The van der Waals surface area contributed by atoms with E-state index in [1.54, 1.807) is 11.9 Å². The molecule has 0 aromatic carbocycles. The Kier molecular flexibility index (Phi) is 10.4. The van der Waals surface area contributed by atoms with Gasteiger partial charge in [0.25, 0.3) is 0 Å². The second-order valence-corrected chi connectivity index (χ2v) is 6.55. The molecular formula is C16H28N3O3Y-. The largest absolute Gasteiger partial charge is 0.540 e. The molecule has 23 heavy (non-hydrogen) atoms. The Bertz CT molecular complexity index is 415. The summed E-state index contributed by atoms with van der Waals surface area (Å²) in [6.07, 6.45) is 3.29. The molecule has 129 valence electrons. The fraction of sp³-hybridized carbons (Fsp3) is 0.812. The molecule has 0 aliphatic carbocycles. The number of nitrogens with zero attached hydrogens (tertiary/aromatic N) is 1. The minimum absolute atomic E-state index is 0. The van der Waals surface area contributed by atoms with Crippen molar-refractivity contribution in [2.75, 3.05) is 13.6 Å². The summed E-state index contributed by atoms with van der Waals surface area (Å²) in [5, 5.41) is 5.72. The van der Waals surface area contributed by atoms with Gasteiger partial charge >= 0.3 is 0 Å². The van der Waals surface area contributed by atoms with Gasteiger partial charge in [-0.3, -0.25) is 9.59 Å². The van der Waals surface area contributed by atoms with E-state index in [1.807, 2.05) is 34.0 Å². The molecule has 0 spiro atoms. The molecule has 2 amide bonds. The van der Waals surface area contributed by atoms with Crippen LogP contribution < -0.4 is 10.6 Å². The molecule has 6 nitrogen and oxygen atoms in total. The first kappa shape index (κ1) is 22.7. The van der Waals surface area contributed by atoms with Crippen molar-refractivity contribution in [2.24, 2.45) is 11.8 Å². The van der Waals surface area contributed by atoms with E-state index in [-0.39, 0.29) is 62.4 Å². The van der Waals surface area contributed by atoms with E-state index in [4.69, 9.17) is 0 Å². The summed E-state index contributed by atoms with van der Waals surface area (Å²) in [6, 6.07) is -1.42. The van der Waals surface area contributed by atoms with Crippen molar-refractivity contribution in [2.45, 2.75) is 58.7 Å². The molecule has 7 heteroatoms. The third-order valence-corrected chi connectivity index (χ3v) is 4.17. The fourth-order valence-electron chi connectivity index (χ4n) is 2.81. The van der Waals surface area contributed by atoms with Gasteiger partial charge in [-0.15, -0.1) is 0 Å². The van der Waals surface area contributed by atoms with Crippen molar-refractivity contribution in [3.8, 4) is 0 Å². The standard InChI is InChI=1S/C16H28N3O3.Y/c1-10(2)12(9-20)18-15(21)13-7-6-8-19(13)16(22)14(17-5)11(3)4;/h10-14,17H,6-8H2,1-5H3,(H,18,21);/q-1;/t12-,13+,14+;/m1./s1. The number of carbonyl (C=O) groups excluding carboxylic acids is 3. The van der Waals surface area contributed by atoms with Crippen molar-refractivity contribution in [1.82, 2.24) is 15.5 Å². The van der Waals surface area contributed by atoms with Gasteiger partial charge in [-0.2, -0.15) is 0 Å². The zero-order valence-corrected chi connectivity index (χ0v) is 17.6. The number of carbonyl (C=O) groups is 2. The normalized spacial score (nSPS) is 20.1. The first-order valence-electron chi connectivity index (χ1n) is 7.99. The predicted molar refractivity (Wildman–Crippen MR) is 84.9 cm³/mol. The number of likely N-dealkylation sites (N-methyl/N-ethyl adjacent to an activating group) is 1. The van der Waals surface area contributed by atoms with Crippen LogP contribution in [0.5, 0.6) is 0 Å². The third-order valence-electron chi connectivity index (χ3n) is 4.17. The molecule has 2 N–H and O–H groups in total. The summed E-state index contributed by atoms with van der Waals surface area (Å²) in [4.78, 5) is 37.6.